The van der Waals surface area contributed by atoms with Crippen LogP contribution in [0.5, 0.6) is 5.75 Å². The molecular weight excluding hydrogens is 232 g/mol. The largest absolute Gasteiger partial charge is 0.467 e. The van der Waals surface area contributed by atoms with Crippen molar-refractivity contribution in [3.05, 3.63) is 29.8 Å². The number of hydrogen-bond acceptors (Lipinski definition) is 2. The van der Waals surface area contributed by atoms with E-state index in [0.29, 0.717) is 13.4 Å². The zero-order chi connectivity index (χ0) is 9.52. The first-order chi connectivity index (χ1) is 6.38. The molecule has 0 amide bonds. The molecule has 0 aliphatic rings. The van der Waals surface area contributed by atoms with Crippen LogP contribution in [0.4, 0.5) is 0 Å². The monoisotopic (exact) mass is 244 g/mol. The summed E-state index contributed by atoms with van der Waals surface area (Å²) < 4.78 is 10.5. The maximum atomic E-state index is 5.42. The second-order valence-corrected chi connectivity index (χ2v) is 3.06. The van der Waals surface area contributed by atoms with Gasteiger partial charge in [-0.25, -0.2) is 0 Å². The minimum absolute atomic E-state index is 0.320. The van der Waals surface area contributed by atoms with Crippen molar-refractivity contribution in [1.82, 2.24) is 0 Å². The molecule has 72 valence electrons. The van der Waals surface area contributed by atoms with Crippen molar-refractivity contribution in [2.24, 2.45) is 0 Å². The molecule has 0 N–H and O–H groups in total. The van der Waals surface area contributed by atoms with Gasteiger partial charge in [-0.3, -0.25) is 0 Å². The molecule has 2 nitrogen and oxygen atoms in total. The zero-order valence-corrected chi connectivity index (χ0v) is 9.21. The van der Waals surface area contributed by atoms with Gasteiger partial charge in [-0.05, 0) is 13.0 Å². The minimum Gasteiger partial charge on any atom is -0.467 e. The van der Waals surface area contributed by atoms with Crippen molar-refractivity contribution >= 4 is 15.9 Å². The van der Waals surface area contributed by atoms with Crippen LogP contribution in [0.25, 0.3) is 0 Å². The molecular formula is C10H13BrO2. The van der Waals surface area contributed by atoms with Gasteiger partial charge in [-0.1, -0.05) is 34.1 Å². The summed E-state index contributed by atoms with van der Waals surface area (Å²) in [6, 6.07) is 7.91. The van der Waals surface area contributed by atoms with Gasteiger partial charge in [0.25, 0.3) is 0 Å². The SMILES string of the molecule is CCOCOc1ccccc1CBr. The zero-order valence-electron chi connectivity index (χ0n) is 7.63. The van der Waals surface area contributed by atoms with Gasteiger partial charge in [0.1, 0.15) is 5.75 Å². The molecule has 0 aromatic heterocycles. The maximum absolute atomic E-state index is 5.42. The molecule has 0 fully saturated rings. The Morgan fingerprint density at radius 3 is 2.77 bits per heavy atom. The van der Waals surface area contributed by atoms with E-state index in [0.717, 1.165) is 16.6 Å². The van der Waals surface area contributed by atoms with E-state index >= 15 is 0 Å². The topological polar surface area (TPSA) is 18.5 Å². The summed E-state index contributed by atoms with van der Waals surface area (Å²) in [6.45, 7) is 2.94. The van der Waals surface area contributed by atoms with Crippen LogP contribution in [0.2, 0.25) is 0 Å². The van der Waals surface area contributed by atoms with E-state index in [2.05, 4.69) is 15.9 Å². The molecule has 0 unspecified atom stereocenters. The Labute approximate surface area is 87.0 Å². The van der Waals surface area contributed by atoms with Gasteiger partial charge in [0.15, 0.2) is 6.79 Å². The van der Waals surface area contributed by atoms with Crippen LogP contribution in [-0.4, -0.2) is 13.4 Å². The minimum atomic E-state index is 0.320. The van der Waals surface area contributed by atoms with Gasteiger partial charge < -0.3 is 9.47 Å². The fraction of sp³-hybridized carbons (Fsp3) is 0.400. The average molecular weight is 245 g/mol. The Morgan fingerprint density at radius 2 is 2.08 bits per heavy atom. The lowest BCUT2D eigenvalue weighted by molar-refractivity contribution is 0.0220. The summed E-state index contributed by atoms with van der Waals surface area (Å²) in [6.07, 6.45) is 0. The fourth-order valence-corrected chi connectivity index (χ4v) is 1.41. The van der Waals surface area contributed by atoms with E-state index in [9.17, 15) is 0 Å². The lowest BCUT2D eigenvalue weighted by atomic mass is 10.2. The van der Waals surface area contributed by atoms with Gasteiger partial charge in [0.05, 0.1) is 0 Å². The van der Waals surface area contributed by atoms with Crippen molar-refractivity contribution in [3.8, 4) is 5.75 Å². The summed E-state index contributed by atoms with van der Waals surface area (Å²) in [5, 5.41) is 0.801. The molecule has 0 radical (unpaired) electrons. The number of ether oxygens (including phenoxy) is 2. The van der Waals surface area contributed by atoms with E-state index in [1.165, 1.54) is 0 Å². The van der Waals surface area contributed by atoms with Gasteiger partial charge in [-0.15, -0.1) is 0 Å². The molecule has 1 rings (SSSR count). The molecule has 0 spiro atoms. The highest BCUT2D eigenvalue weighted by Crippen LogP contribution is 2.20. The van der Waals surface area contributed by atoms with Gasteiger partial charge in [0.2, 0.25) is 0 Å². The molecule has 0 saturated heterocycles. The Hall–Kier alpha value is -0.540. The predicted molar refractivity (Wildman–Crippen MR) is 56.2 cm³/mol. The van der Waals surface area contributed by atoms with Gasteiger partial charge in [-0.2, -0.15) is 0 Å². The van der Waals surface area contributed by atoms with Crippen LogP contribution in [0, 0.1) is 0 Å². The van der Waals surface area contributed by atoms with E-state index in [1.807, 2.05) is 31.2 Å². The number of hydrogen-bond donors (Lipinski definition) is 0. The van der Waals surface area contributed by atoms with Crippen LogP contribution in [0.3, 0.4) is 0 Å². The maximum Gasteiger partial charge on any atom is 0.189 e. The van der Waals surface area contributed by atoms with E-state index in [1.54, 1.807) is 0 Å². The molecule has 1 aromatic carbocycles. The summed E-state index contributed by atoms with van der Waals surface area (Å²) in [4.78, 5) is 0. The van der Waals surface area contributed by atoms with Crippen LogP contribution in [0.15, 0.2) is 24.3 Å². The van der Waals surface area contributed by atoms with Crippen molar-refractivity contribution in [1.29, 1.82) is 0 Å². The van der Waals surface area contributed by atoms with E-state index < -0.39 is 0 Å². The number of halogens is 1. The Morgan fingerprint density at radius 1 is 1.31 bits per heavy atom. The Bertz CT molecular complexity index is 250. The van der Waals surface area contributed by atoms with Crippen molar-refractivity contribution < 1.29 is 9.47 Å². The molecule has 0 aliphatic carbocycles. The van der Waals surface area contributed by atoms with Crippen molar-refractivity contribution in [2.75, 3.05) is 13.4 Å². The normalized spacial score (nSPS) is 10.0. The Balaban J connectivity index is 2.54. The van der Waals surface area contributed by atoms with E-state index in [4.69, 9.17) is 9.47 Å². The summed E-state index contributed by atoms with van der Waals surface area (Å²) in [7, 11) is 0. The highest BCUT2D eigenvalue weighted by Gasteiger charge is 1.99. The lowest BCUT2D eigenvalue weighted by Crippen LogP contribution is -2.03. The molecule has 3 heteroatoms. The standard InChI is InChI=1S/C10H13BrO2/c1-2-12-8-13-10-6-4-3-5-9(10)7-11/h3-6H,2,7-8H2,1H3. The lowest BCUT2D eigenvalue weighted by Gasteiger charge is -2.08. The summed E-state index contributed by atoms with van der Waals surface area (Å²) in [5.74, 6) is 0.882. The molecule has 0 saturated carbocycles. The Kier molecular flexibility index (Phi) is 4.86. The first kappa shape index (κ1) is 10.5. The summed E-state index contributed by atoms with van der Waals surface area (Å²) in [5.41, 5.74) is 1.14. The highest BCUT2D eigenvalue weighted by atomic mass is 79.9. The van der Waals surface area contributed by atoms with Crippen LogP contribution >= 0.6 is 15.9 Å². The average Bonchev–Trinajstić information content (AvgIpc) is 2.19. The summed E-state index contributed by atoms with van der Waals surface area (Å²) >= 11 is 3.40. The molecule has 13 heavy (non-hydrogen) atoms. The van der Waals surface area contributed by atoms with Crippen molar-refractivity contribution in [2.45, 2.75) is 12.3 Å². The quantitative estimate of drug-likeness (QED) is 0.451. The fourth-order valence-electron chi connectivity index (χ4n) is 0.944. The van der Waals surface area contributed by atoms with Crippen LogP contribution in [-0.2, 0) is 10.1 Å². The number of para-hydroxylation sites is 1. The predicted octanol–water partition coefficient (Wildman–Crippen LogP) is 2.95. The molecule has 0 atom stereocenters. The second kappa shape index (κ2) is 6.00. The van der Waals surface area contributed by atoms with Gasteiger partial charge in [0, 0.05) is 17.5 Å². The third-order valence-corrected chi connectivity index (χ3v) is 2.22. The van der Waals surface area contributed by atoms with Crippen LogP contribution in [0.1, 0.15) is 12.5 Å². The third-order valence-electron chi connectivity index (χ3n) is 1.62. The van der Waals surface area contributed by atoms with Crippen molar-refractivity contribution in [3.63, 3.8) is 0 Å². The smallest absolute Gasteiger partial charge is 0.189 e. The van der Waals surface area contributed by atoms with Gasteiger partial charge >= 0.3 is 0 Å². The molecule has 0 bridgehead atoms. The molecule has 0 aliphatic heterocycles. The van der Waals surface area contributed by atoms with E-state index in [-0.39, 0.29) is 0 Å². The number of benzene rings is 1. The van der Waals surface area contributed by atoms with Crippen LogP contribution < -0.4 is 4.74 Å². The molecule has 0 heterocycles. The third kappa shape index (κ3) is 3.36. The first-order valence-corrected chi connectivity index (χ1v) is 5.35. The number of alkyl halides is 1. The first-order valence-electron chi connectivity index (χ1n) is 4.23. The number of rotatable bonds is 5. The highest BCUT2D eigenvalue weighted by molar-refractivity contribution is 9.08. The second-order valence-electron chi connectivity index (χ2n) is 2.50. The molecule has 1 aromatic rings.